The minimum absolute atomic E-state index is 0.255. The van der Waals surface area contributed by atoms with Gasteiger partial charge in [0, 0.05) is 18.7 Å². The minimum atomic E-state index is -3.29. The first kappa shape index (κ1) is 17.0. The van der Waals surface area contributed by atoms with Crippen LogP contribution in [0.15, 0.2) is 59.5 Å². The summed E-state index contributed by atoms with van der Waals surface area (Å²) in [6.45, 7) is 2.37. The van der Waals surface area contributed by atoms with Gasteiger partial charge in [-0.15, -0.1) is 0 Å². The molecule has 0 aromatic heterocycles. The van der Waals surface area contributed by atoms with Gasteiger partial charge in [-0.1, -0.05) is 42.5 Å². The summed E-state index contributed by atoms with van der Waals surface area (Å²) in [6, 6.07) is 17.3. The molecule has 1 aliphatic heterocycles. The standard InChI is InChI=1S/C19H23NO3S/c1-24(21,22)19-10-6-5-9-18(19)23-14-16-13-20-12-11-17(16)15-7-3-2-4-8-15/h2-10,16-17,20H,11-14H2,1H3/t16-,17-/m0/s1. The molecule has 0 aliphatic carbocycles. The van der Waals surface area contributed by atoms with Crippen LogP contribution in [0.3, 0.4) is 0 Å². The lowest BCUT2D eigenvalue weighted by molar-refractivity contribution is 0.193. The van der Waals surface area contributed by atoms with E-state index in [4.69, 9.17) is 4.74 Å². The van der Waals surface area contributed by atoms with E-state index in [0.29, 0.717) is 24.2 Å². The Labute approximate surface area is 143 Å². The minimum Gasteiger partial charge on any atom is -0.492 e. The van der Waals surface area contributed by atoms with Gasteiger partial charge >= 0.3 is 0 Å². The number of benzene rings is 2. The lowest BCUT2D eigenvalue weighted by atomic mass is 9.81. The molecule has 24 heavy (non-hydrogen) atoms. The van der Waals surface area contributed by atoms with Gasteiger partial charge in [-0.05, 0) is 36.6 Å². The second kappa shape index (κ2) is 7.36. The number of nitrogens with one attached hydrogen (secondary N) is 1. The average molecular weight is 345 g/mol. The molecule has 0 bridgehead atoms. The number of ether oxygens (including phenoxy) is 1. The van der Waals surface area contributed by atoms with E-state index in [9.17, 15) is 8.42 Å². The Hall–Kier alpha value is -1.85. The predicted octanol–water partition coefficient (Wildman–Crippen LogP) is 2.86. The van der Waals surface area contributed by atoms with E-state index in [1.807, 2.05) is 6.07 Å². The lowest BCUT2D eigenvalue weighted by Gasteiger charge is -2.32. The molecule has 1 heterocycles. The Balaban J connectivity index is 1.76. The molecule has 0 spiro atoms. The molecule has 4 nitrogen and oxygen atoms in total. The second-order valence-corrected chi connectivity index (χ2v) is 8.28. The molecule has 2 aromatic rings. The van der Waals surface area contributed by atoms with Gasteiger partial charge in [0.05, 0.1) is 6.61 Å². The van der Waals surface area contributed by atoms with E-state index in [-0.39, 0.29) is 4.90 Å². The highest BCUT2D eigenvalue weighted by molar-refractivity contribution is 7.90. The fraction of sp³-hybridized carbons (Fsp3) is 0.368. The number of hydrogen-bond acceptors (Lipinski definition) is 4. The van der Waals surface area contributed by atoms with Crippen LogP contribution in [0, 0.1) is 5.92 Å². The van der Waals surface area contributed by atoms with E-state index < -0.39 is 9.84 Å². The summed E-state index contributed by atoms with van der Waals surface area (Å²) >= 11 is 0. The molecule has 2 aromatic carbocycles. The first-order valence-corrected chi connectivity index (χ1v) is 10.1. The Kier molecular flexibility index (Phi) is 5.21. The summed E-state index contributed by atoms with van der Waals surface area (Å²) in [5.41, 5.74) is 1.32. The van der Waals surface area contributed by atoms with Crippen LogP contribution in [0.4, 0.5) is 0 Å². The summed E-state index contributed by atoms with van der Waals surface area (Å²) < 4.78 is 29.7. The van der Waals surface area contributed by atoms with Crippen LogP contribution in [0.1, 0.15) is 17.9 Å². The molecular formula is C19H23NO3S. The van der Waals surface area contributed by atoms with Crippen molar-refractivity contribution < 1.29 is 13.2 Å². The molecule has 5 heteroatoms. The summed E-state index contributed by atoms with van der Waals surface area (Å²) in [7, 11) is -3.29. The molecule has 1 N–H and O–H groups in total. The SMILES string of the molecule is CS(=O)(=O)c1ccccc1OC[C@@H]1CNCC[C@H]1c1ccccc1. The third-order valence-electron chi connectivity index (χ3n) is 4.54. The van der Waals surface area contributed by atoms with Gasteiger partial charge in [0.15, 0.2) is 9.84 Å². The Morgan fingerprint density at radius 2 is 1.79 bits per heavy atom. The van der Waals surface area contributed by atoms with Gasteiger partial charge in [-0.3, -0.25) is 0 Å². The third-order valence-corrected chi connectivity index (χ3v) is 5.67. The zero-order chi connectivity index (χ0) is 17.0. The molecular weight excluding hydrogens is 322 g/mol. The van der Waals surface area contributed by atoms with Crippen LogP contribution in [0.25, 0.3) is 0 Å². The van der Waals surface area contributed by atoms with Gasteiger partial charge in [0.25, 0.3) is 0 Å². The summed E-state index contributed by atoms with van der Waals surface area (Å²) in [5, 5.41) is 3.42. The van der Waals surface area contributed by atoms with Crippen LogP contribution >= 0.6 is 0 Å². The summed E-state index contributed by atoms with van der Waals surface area (Å²) in [5.74, 6) is 1.18. The van der Waals surface area contributed by atoms with Crippen LogP contribution in [0.5, 0.6) is 5.75 Å². The zero-order valence-electron chi connectivity index (χ0n) is 13.8. The Bertz CT molecular complexity index is 774. The van der Waals surface area contributed by atoms with Crippen molar-refractivity contribution in [2.75, 3.05) is 26.0 Å². The maximum Gasteiger partial charge on any atom is 0.179 e. The fourth-order valence-corrected chi connectivity index (χ4v) is 4.13. The van der Waals surface area contributed by atoms with Crippen molar-refractivity contribution in [3.63, 3.8) is 0 Å². The molecule has 0 radical (unpaired) electrons. The molecule has 128 valence electrons. The van der Waals surface area contributed by atoms with Crippen LogP contribution in [0.2, 0.25) is 0 Å². The maximum absolute atomic E-state index is 11.9. The smallest absolute Gasteiger partial charge is 0.179 e. The van der Waals surface area contributed by atoms with Crippen LogP contribution in [-0.2, 0) is 9.84 Å². The molecule has 1 fully saturated rings. The quantitative estimate of drug-likeness (QED) is 0.905. The maximum atomic E-state index is 11.9. The van der Waals surface area contributed by atoms with Crippen molar-refractivity contribution in [2.45, 2.75) is 17.2 Å². The third kappa shape index (κ3) is 3.97. The van der Waals surface area contributed by atoms with Crippen LogP contribution in [-0.4, -0.2) is 34.4 Å². The van der Waals surface area contributed by atoms with Gasteiger partial charge in [0.1, 0.15) is 10.6 Å². The largest absolute Gasteiger partial charge is 0.492 e. The fourth-order valence-electron chi connectivity index (χ4n) is 3.31. The van der Waals surface area contributed by atoms with E-state index in [2.05, 4.69) is 29.6 Å². The van der Waals surface area contributed by atoms with Crippen molar-refractivity contribution in [3.8, 4) is 5.75 Å². The number of hydrogen-bond donors (Lipinski definition) is 1. The normalized spacial score (nSPS) is 21.4. The average Bonchev–Trinajstić information content (AvgIpc) is 2.60. The van der Waals surface area contributed by atoms with Crippen molar-refractivity contribution >= 4 is 9.84 Å². The van der Waals surface area contributed by atoms with Crippen molar-refractivity contribution in [2.24, 2.45) is 5.92 Å². The zero-order valence-corrected chi connectivity index (χ0v) is 14.6. The van der Waals surface area contributed by atoms with Gasteiger partial charge in [-0.2, -0.15) is 0 Å². The molecule has 1 aliphatic rings. The topological polar surface area (TPSA) is 55.4 Å². The van der Waals surface area contributed by atoms with Gasteiger partial charge in [0.2, 0.25) is 0 Å². The van der Waals surface area contributed by atoms with E-state index in [1.165, 1.54) is 11.8 Å². The van der Waals surface area contributed by atoms with Crippen molar-refractivity contribution in [1.29, 1.82) is 0 Å². The first-order chi connectivity index (χ1) is 11.6. The molecule has 0 saturated carbocycles. The second-order valence-electron chi connectivity index (χ2n) is 6.30. The number of rotatable bonds is 5. The predicted molar refractivity (Wildman–Crippen MR) is 95.2 cm³/mol. The van der Waals surface area contributed by atoms with Gasteiger partial charge < -0.3 is 10.1 Å². The molecule has 2 atom stereocenters. The summed E-state index contributed by atoms with van der Waals surface area (Å²) in [4.78, 5) is 0.255. The molecule has 0 unspecified atom stereocenters. The highest BCUT2D eigenvalue weighted by atomic mass is 32.2. The van der Waals surface area contributed by atoms with E-state index in [1.54, 1.807) is 24.3 Å². The van der Waals surface area contributed by atoms with Crippen LogP contribution < -0.4 is 10.1 Å². The Morgan fingerprint density at radius 1 is 1.08 bits per heavy atom. The molecule has 1 saturated heterocycles. The number of piperidine rings is 1. The number of sulfone groups is 1. The highest BCUT2D eigenvalue weighted by Gasteiger charge is 2.27. The Morgan fingerprint density at radius 3 is 2.54 bits per heavy atom. The monoisotopic (exact) mass is 345 g/mol. The highest BCUT2D eigenvalue weighted by Crippen LogP contribution is 2.31. The molecule has 0 amide bonds. The molecule has 3 rings (SSSR count). The first-order valence-electron chi connectivity index (χ1n) is 8.23. The van der Waals surface area contributed by atoms with E-state index in [0.717, 1.165) is 19.5 Å². The lowest BCUT2D eigenvalue weighted by Crippen LogP contribution is -2.38. The van der Waals surface area contributed by atoms with Gasteiger partial charge in [-0.25, -0.2) is 8.42 Å². The van der Waals surface area contributed by atoms with E-state index >= 15 is 0 Å². The number of para-hydroxylation sites is 1. The van der Waals surface area contributed by atoms with Crippen molar-refractivity contribution in [3.05, 3.63) is 60.2 Å². The summed E-state index contributed by atoms with van der Waals surface area (Å²) in [6.07, 6.45) is 2.27. The van der Waals surface area contributed by atoms with Crippen molar-refractivity contribution in [1.82, 2.24) is 5.32 Å².